The van der Waals surface area contributed by atoms with Gasteiger partial charge in [0.1, 0.15) is 0 Å². The minimum absolute atomic E-state index is 0.111. The molecule has 3 heteroatoms. The molecule has 0 saturated carbocycles. The summed E-state index contributed by atoms with van der Waals surface area (Å²) in [5, 5.41) is 9.33. The lowest BCUT2D eigenvalue weighted by Gasteiger charge is -2.05. The number of esters is 1. The molecular weight excluding hydrogens is 276 g/mol. The smallest absolute Gasteiger partial charge is 0.305 e. The van der Waals surface area contributed by atoms with E-state index in [4.69, 9.17) is 4.74 Å². The zero-order valence-corrected chi connectivity index (χ0v) is 14.7. The molecule has 0 aromatic rings. The van der Waals surface area contributed by atoms with E-state index < -0.39 is 0 Å². The fraction of sp³-hybridized carbons (Fsp3) is 0.842. The van der Waals surface area contributed by atoms with Gasteiger partial charge in [-0.05, 0) is 38.2 Å². The summed E-state index contributed by atoms with van der Waals surface area (Å²) in [4.78, 5) is 11.2. The van der Waals surface area contributed by atoms with Gasteiger partial charge >= 0.3 is 5.97 Å². The molecule has 0 amide bonds. The molecule has 22 heavy (non-hydrogen) atoms. The Balaban J connectivity index is 3.56. The van der Waals surface area contributed by atoms with E-state index in [1.807, 2.05) is 6.92 Å². The SMILES string of the molecule is CCCCCCCCCC/C=C(/CO)CCCC(=O)OCC. The molecule has 0 fully saturated rings. The van der Waals surface area contributed by atoms with Crippen molar-refractivity contribution in [3.8, 4) is 0 Å². The summed E-state index contributed by atoms with van der Waals surface area (Å²) in [6.07, 6.45) is 15.8. The number of aliphatic hydroxyl groups excluding tert-OH is 1. The van der Waals surface area contributed by atoms with Crippen LogP contribution in [0.4, 0.5) is 0 Å². The van der Waals surface area contributed by atoms with Gasteiger partial charge in [0.05, 0.1) is 13.2 Å². The Bertz CT molecular complexity index is 284. The van der Waals surface area contributed by atoms with Crippen LogP contribution in [0.1, 0.15) is 90.9 Å². The van der Waals surface area contributed by atoms with Crippen LogP contribution in [-0.4, -0.2) is 24.3 Å². The van der Waals surface area contributed by atoms with Gasteiger partial charge in [-0.25, -0.2) is 0 Å². The van der Waals surface area contributed by atoms with Crippen molar-refractivity contribution in [3.63, 3.8) is 0 Å². The maximum atomic E-state index is 11.2. The average molecular weight is 312 g/mol. The topological polar surface area (TPSA) is 46.5 Å². The molecule has 0 atom stereocenters. The zero-order chi connectivity index (χ0) is 16.5. The number of unbranched alkanes of at least 4 members (excludes halogenated alkanes) is 8. The second kappa shape index (κ2) is 16.5. The van der Waals surface area contributed by atoms with E-state index in [1.54, 1.807) is 0 Å². The Morgan fingerprint density at radius 2 is 1.55 bits per heavy atom. The molecule has 130 valence electrons. The van der Waals surface area contributed by atoms with Gasteiger partial charge in [-0.2, -0.15) is 0 Å². The number of carbonyl (C=O) groups excluding carboxylic acids is 1. The van der Waals surface area contributed by atoms with Gasteiger partial charge < -0.3 is 9.84 Å². The Hall–Kier alpha value is -0.830. The number of carbonyl (C=O) groups is 1. The van der Waals surface area contributed by atoms with Gasteiger partial charge in [0, 0.05) is 6.42 Å². The van der Waals surface area contributed by atoms with Crippen molar-refractivity contribution < 1.29 is 14.6 Å². The van der Waals surface area contributed by atoms with E-state index in [0.717, 1.165) is 24.8 Å². The molecule has 0 spiro atoms. The van der Waals surface area contributed by atoms with Crippen LogP contribution in [-0.2, 0) is 9.53 Å². The van der Waals surface area contributed by atoms with E-state index in [1.165, 1.54) is 51.4 Å². The lowest BCUT2D eigenvalue weighted by molar-refractivity contribution is -0.143. The third-order valence-electron chi connectivity index (χ3n) is 3.88. The van der Waals surface area contributed by atoms with Crippen molar-refractivity contribution in [3.05, 3.63) is 11.6 Å². The summed E-state index contributed by atoms with van der Waals surface area (Å²) in [5.74, 6) is -0.136. The molecule has 0 aromatic carbocycles. The predicted octanol–water partition coefficient (Wildman–Crippen LogP) is 5.17. The molecule has 3 nitrogen and oxygen atoms in total. The number of hydrogen-bond donors (Lipinski definition) is 1. The van der Waals surface area contributed by atoms with Gasteiger partial charge in [0.2, 0.25) is 0 Å². The van der Waals surface area contributed by atoms with Gasteiger partial charge in [0.15, 0.2) is 0 Å². The molecule has 0 aliphatic carbocycles. The van der Waals surface area contributed by atoms with Crippen LogP contribution in [0.15, 0.2) is 11.6 Å². The first-order chi connectivity index (χ1) is 10.7. The van der Waals surface area contributed by atoms with Crippen LogP contribution < -0.4 is 0 Å². The number of ether oxygens (including phenoxy) is 1. The molecule has 1 N–H and O–H groups in total. The third kappa shape index (κ3) is 14.1. The van der Waals surface area contributed by atoms with Gasteiger partial charge in [0.25, 0.3) is 0 Å². The van der Waals surface area contributed by atoms with E-state index in [0.29, 0.717) is 13.0 Å². The number of allylic oxidation sites excluding steroid dienone is 1. The second-order valence-electron chi connectivity index (χ2n) is 5.94. The van der Waals surface area contributed by atoms with Crippen LogP contribution in [0.5, 0.6) is 0 Å². The van der Waals surface area contributed by atoms with Crippen molar-refractivity contribution in [2.75, 3.05) is 13.2 Å². The highest BCUT2D eigenvalue weighted by Crippen LogP contribution is 2.13. The largest absolute Gasteiger partial charge is 0.466 e. The van der Waals surface area contributed by atoms with Crippen molar-refractivity contribution >= 4 is 5.97 Å². The summed E-state index contributed by atoms with van der Waals surface area (Å²) in [5.41, 5.74) is 1.06. The Kier molecular flexibility index (Phi) is 15.9. The van der Waals surface area contributed by atoms with Gasteiger partial charge in [-0.3, -0.25) is 4.79 Å². The number of rotatable bonds is 15. The molecular formula is C19H36O3. The molecule has 0 aliphatic rings. The highest BCUT2D eigenvalue weighted by Gasteiger charge is 2.02. The standard InChI is InChI=1S/C19H36O3/c1-3-5-6-7-8-9-10-11-12-14-18(17-20)15-13-16-19(21)22-4-2/h14,20H,3-13,15-17H2,1-2H3/b18-14+. The highest BCUT2D eigenvalue weighted by atomic mass is 16.5. The normalized spacial score (nSPS) is 11.7. The number of aliphatic hydroxyl groups is 1. The lowest BCUT2D eigenvalue weighted by Crippen LogP contribution is -2.04. The minimum atomic E-state index is -0.136. The summed E-state index contributed by atoms with van der Waals surface area (Å²) < 4.78 is 4.90. The molecule has 0 aliphatic heterocycles. The maximum Gasteiger partial charge on any atom is 0.305 e. The Morgan fingerprint density at radius 3 is 2.14 bits per heavy atom. The Labute approximate surface area is 137 Å². The van der Waals surface area contributed by atoms with Crippen molar-refractivity contribution in [2.45, 2.75) is 90.9 Å². The first-order valence-electron chi connectivity index (χ1n) is 9.18. The maximum absolute atomic E-state index is 11.2. The quantitative estimate of drug-likeness (QED) is 0.258. The molecule has 0 saturated heterocycles. The minimum Gasteiger partial charge on any atom is -0.466 e. The fourth-order valence-corrected chi connectivity index (χ4v) is 2.52. The van der Waals surface area contributed by atoms with Crippen molar-refractivity contribution in [1.29, 1.82) is 0 Å². The first kappa shape index (κ1) is 21.2. The van der Waals surface area contributed by atoms with Crippen molar-refractivity contribution in [1.82, 2.24) is 0 Å². The third-order valence-corrected chi connectivity index (χ3v) is 3.88. The van der Waals surface area contributed by atoms with Gasteiger partial charge in [-0.15, -0.1) is 0 Å². The van der Waals surface area contributed by atoms with Crippen molar-refractivity contribution in [2.24, 2.45) is 0 Å². The summed E-state index contributed by atoms with van der Waals surface area (Å²) in [6, 6.07) is 0. The van der Waals surface area contributed by atoms with E-state index in [9.17, 15) is 9.90 Å². The van der Waals surface area contributed by atoms with E-state index in [2.05, 4.69) is 13.0 Å². The predicted molar refractivity (Wildman–Crippen MR) is 92.9 cm³/mol. The molecule has 0 heterocycles. The van der Waals surface area contributed by atoms with Crippen LogP contribution in [0.2, 0.25) is 0 Å². The van der Waals surface area contributed by atoms with E-state index in [-0.39, 0.29) is 12.6 Å². The number of hydrogen-bond acceptors (Lipinski definition) is 3. The highest BCUT2D eigenvalue weighted by molar-refractivity contribution is 5.69. The van der Waals surface area contributed by atoms with Crippen LogP contribution >= 0.6 is 0 Å². The van der Waals surface area contributed by atoms with Crippen LogP contribution in [0, 0.1) is 0 Å². The molecule has 0 bridgehead atoms. The van der Waals surface area contributed by atoms with E-state index >= 15 is 0 Å². The summed E-state index contributed by atoms with van der Waals surface area (Å²) in [7, 11) is 0. The Morgan fingerprint density at radius 1 is 0.909 bits per heavy atom. The first-order valence-corrected chi connectivity index (χ1v) is 9.18. The molecule has 0 aromatic heterocycles. The monoisotopic (exact) mass is 312 g/mol. The van der Waals surface area contributed by atoms with Crippen LogP contribution in [0.3, 0.4) is 0 Å². The fourth-order valence-electron chi connectivity index (χ4n) is 2.52. The molecule has 0 rings (SSSR count). The molecule has 0 unspecified atom stereocenters. The van der Waals surface area contributed by atoms with Crippen LogP contribution in [0.25, 0.3) is 0 Å². The molecule has 0 radical (unpaired) electrons. The van der Waals surface area contributed by atoms with Gasteiger partial charge in [-0.1, -0.05) is 57.9 Å². The zero-order valence-electron chi connectivity index (χ0n) is 14.7. The average Bonchev–Trinajstić information content (AvgIpc) is 2.51. The lowest BCUT2D eigenvalue weighted by atomic mass is 10.0. The second-order valence-corrected chi connectivity index (χ2v) is 5.94. The summed E-state index contributed by atoms with van der Waals surface area (Å²) >= 11 is 0. The summed E-state index contributed by atoms with van der Waals surface area (Å²) in [6.45, 7) is 4.62.